The highest BCUT2D eigenvalue weighted by Crippen LogP contribution is 2.30. The van der Waals surface area contributed by atoms with Crippen molar-refractivity contribution in [3.63, 3.8) is 0 Å². The number of carbonyl (C=O) groups is 1. The van der Waals surface area contributed by atoms with E-state index in [0.29, 0.717) is 18.1 Å². The van der Waals surface area contributed by atoms with Gasteiger partial charge in [0, 0.05) is 13.0 Å². The maximum atomic E-state index is 12.6. The zero-order valence-electron chi connectivity index (χ0n) is 12.9. The first-order valence-electron chi connectivity index (χ1n) is 7.87. The fraction of sp³-hybridized carbons (Fsp3) is 0.471. The number of amides is 1. The van der Waals surface area contributed by atoms with Crippen LogP contribution in [0.25, 0.3) is 0 Å². The molecule has 1 fully saturated rings. The second-order valence-electron chi connectivity index (χ2n) is 5.76. The summed E-state index contributed by atoms with van der Waals surface area (Å²) in [6.07, 6.45) is 4.33. The molecule has 0 bridgehead atoms. The summed E-state index contributed by atoms with van der Waals surface area (Å²) in [7, 11) is 0. The van der Waals surface area contributed by atoms with Crippen molar-refractivity contribution >= 4 is 5.91 Å². The first-order valence-corrected chi connectivity index (χ1v) is 7.87. The van der Waals surface area contributed by atoms with Gasteiger partial charge in [0.25, 0.3) is 0 Å². The highest BCUT2D eigenvalue weighted by atomic mass is 16.5. The molecule has 0 saturated carbocycles. The molecule has 2 heterocycles. The monoisotopic (exact) mass is 299 g/mol. The molecular formula is C17H21N3O2. The van der Waals surface area contributed by atoms with Crippen molar-refractivity contribution in [1.82, 2.24) is 15.0 Å². The Kier molecular flexibility index (Phi) is 4.51. The van der Waals surface area contributed by atoms with Crippen molar-refractivity contribution in [2.24, 2.45) is 0 Å². The standard InChI is InChI=1S/C17H21N3O2/c1-13-18-17(22-19-13)15-9-5-6-12-20(15)16(21)11-10-14-7-3-2-4-8-14/h2-4,7-8,15H,5-6,9-12H2,1H3. The minimum atomic E-state index is -0.0572. The molecule has 0 spiro atoms. The second kappa shape index (κ2) is 6.73. The maximum absolute atomic E-state index is 12.6. The van der Waals surface area contributed by atoms with Gasteiger partial charge in [-0.25, -0.2) is 0 Å². The molecule has 116 valence electrons. The largest absolute Gasteiger partial charge is 0.337 e. The molecule has 1 aromatic heterocycles. The number of hydrogen-bond acceptors (Lipinski definition) is 4. The van der Waals surface area contributed by atoms with E-state index in [1.165, 1.54) is 5.56 Å². The molecule has 1 aromatic carbocycles. The Balaban J connectivity index is 1.66. The lowest BCUT2D eigenvalue weighted by atomic mass is 10.0. The van der Waals surface area contributed by atoms with Crippen LogP contribution in [-0.2, 0) is 11.2 Å². The van der Waals surface area contributed by atoms with Crippen LogP contribution >= 0.6 is 0 Å². The van der Waals surface area contributed by atoms with Gasteiger partial charge in [-0.3, -0.25) is 4.79 Å². The Morgan fingerprint density at radius 1 is 1.32 bits per heavy atom. The summed E-state index contributed by atoms with van der Waals surface area (Å²) in [5.41, 5.74) is 1.19. The van der Waals surface area contributed by atoms with Gasteiger partial charge >= 0.3 is 0 Å². The second-order valence-corrected chi connectivity index (χ2v) is 5.76. The van der Waals surface area contributed by atoms with Gasteiger partial charge in [0.1, 0.15) is 6.04 Å². The molecule has 5 nitrogen and oxygen atoms in total. The summed E-state index contributed by atoms with van der Waals surface area (Å²) in [5.74, 6) is 1.37. The third-order valence-corrected chi connectivity index (χ3v) is 4.12. The first kappa shape index (κ1) is 14.8. The van der Waals surface area contributed by atoms with Crippen LogP contribution in [0.15, 0.2) is 34.9 Å². The van der Waals surface area contributed by atoms with Gasteiger partial charge in [0.15, 0.2) is 5.82 Å². The quantitative estimate of drug-likeness (QED) is 0.870. The minimum Gasteiger partial charge on any atom is -0.337 e. The first-order chi connectivity index (χ1) is 10.7. The van der Waals surface area contributed by atoms with E-state index in [1.807, 2.05) is 23.1 Å². The van der Waals surface area contributed by atoms with E-state index in [0.717, 1.165) is 32.2 Å². The summed E-state index contributed by atoms with van der Waals surface area (Å²) in [6.45, 7) is 2.58. The molecular weight excluding hydrogens is 278 g/mol. The Bertz CT molecular complexity index is 624. The molecule has 1 atom stereocenters. The van der Waals surface area contributed by atoms with Crippen LogP contribution in [-0.4, -0.2) is 27.5 Å². The van der Waals surface area contributed by atoms with E-state index in [9.17, 15) is 4.79 Å². The Morgan fingerprint density at radius 2 is 2.14 bits per heavy atom. The van der Waals surface area contributed by atoms with Crippen molar-refractivity contribution < 1.29 is 9.32 Å². The number of benzene rings is 1. The average Bonchev–Trinajstić information content (AvgIpc) is 3.00. The molecule has 0 N–H and O–H groups in total. The number of likely N-dealkylation sites (tertiary alicyclic amines) is 1. The fourth-order valence-corrected chi connectivity index (χ4v) is 2.97. The Labute approximate surface area is 130 Å². The van der Waals surface area contributed by atoms with Gasteiger partial charge in [0.05, 0.1) is 0 Å². The minimum absolute atomic E-state index is 0.0572. The lowest BCUT2D eigenvalue weighted by molar-refractivity contribution is -0.135. The van der Waals surface area contributed by atoms with Gasteiger partial charge in [0.2, 0.25) is 11.8 Å². The highest BCUT2D eigenvalue weighted by molar-refractivity contribution is 5.77. The molecule has 1 aliphatic heterocycles. The summed E-state index contributed by atoms with van der Waals surface area (Å²) in [6, 6.07) is 10.1. The SMILES string of the molecule is Cc1noc(C2CCCCN2C(=O)CCc2ccccc2)n1. The normalized spacial score (nSPS) is 18.4. The molecule has 5 heteroatoms. The topological polar surface area (TPSA) is 59.2 Å². The molecule has 1 amide bonds. The van der Waals surface area contributed by atoms with Crippen LogP contribution < -0.4 is 0 Å². The predicted octanol–water partition coefficient (Wildman–Crippen LogP) is 3.06. The van der Waals surface area contributed by atoms with E-state index in [2.05, 4.69) is 22.3 Å². The zero-order valence-corrected chi connectivity index (χ0v) is 12.9. The molecule has 22 heavy (non-hydrogen) atoms. The van der Waals surface area contributed by atoms with Crippen molar-refractivity contribution in [2.75, 3.05) is 6.54 Å². The maximum Gasteiger partial charge on any atom is 0.249 e. The summed E-state index contributed by atoms with van der Waals surface area (Å²) in [5, 5.41) is 3.86. The third-order valence-electron chi connectivity index (χ3n) is 4.12. The smallest absolute Gasteiger partial charge is 0.249 e. The lowest BCUT2D eigenvalue weighted by Crippen LogP contribution is -2.38. The van der Waals surface area contributed by atoms with Crippen LogP contribution in [0.2, 0.25) is 0 Å². The summed E-state index contributed by atoms with van der Waals surface area (Å²) in [4.78, 5) is 18.8. The van der Waals surface area contributed by atoms with E-state index in [-0.39, 0.29) is 11.9 Å². The molecule has 1 aliphatic rings. The number of aryl methyl sites for hydroxylation is 2. The number of rotatable bonds is 4. The van der Waals surface area contributed by atoms with Crippen LogP contribution in [0, 0.1) is 6.92 Å². The van der Waals surface area contributed by atoms with Gasteiger partial charge in [-0.05, 0) is 38.2 Å². The third kappa shape index (κ3) is 3.35. The van der Waals surface area contributed by atoms with Crippen molar-refractivity contribution in [1.29, 1.82) is 0 Å². The van der Waals surface area contributed by atoms with Crippen molar-refractivity contribution in [3.8, 4) is 0 Å². The molecule has 2 aromatic rings. The molecule has 1 unspecified atom stereocenters. The van der Waals surface area contributed by atoms with Gasteiger partial charge in [-0.2, -0.15) is 4.98 Å². The van der Waals surface area contributed by atoms with Gasteiger partial charge < -0.3 is 9.42 Å². The molecule has 0 aliphatic carbocycles. The number of piperidine rings is 1. The Hall–Kier alpha value is -2.17. The lowest BCUT2D eigenvalue weighted by Gasteiger charge is -2.33. The van der Waals surface area contributed by atoms with Crippen LogP contribution in [0.4, 0.5) is 0 Å². The van der Waals surface area contributed by atoms with E-state index in [4.69, 9.17) is 4.52 Å². The van der Waals surface area contributed by atoms with Crippen LogP contribution in [0.5, 0.6) is 0 Å². The summed E-state index contributed by atoms with van der Waals surface area (Å²) < 4.78 is 5.29. The number of hydrogen-bond donors (Lipinski definition) is 0. The molecule has 3 rings (SSSR count). The average molecular weight is 299 g/mol. The predicted molar refractivity (Wildman–Crippen MR) is 82.1 cm³/mol. The van der Waals surface area contributed by atoms with Gasteiger partial charge in [-0.15, -0.1) is 0 Å². The van der Waals surface area contributed by atoms with Crippen molar-refractivity contribution in [3.05, 3.63) is 47.6 Å². The Morgan fingerprint density at radius 3 is 2.86 bits per heavy atom. The van der Waals surface area contributed by atoms with Crippen LogP contribution in [0.3, 0.4) is 0 Å². The van der Waals surface area contributed by atoms with E-state index < -0.39 is 0 Å². The molecule has 1 saturated heterocycles. The zero-order chi connectivity index (χ0) is 15.4. The van der Waals surface area contributed by atoms with E-state index >= 15 is 0 Å². The number of carbonyl (C=O) groups excluding carboxylic acids is 1. The van der Waals surface area contributed by atoms with E-state index in [1.54, 1.807) is 6.92 Å². The van der Waals surface area contributed by atoms with Crippen LogP contribution in [0.1, 0.15) is 49.0 Å². The number of nitrogens with zero attached hydrogens (tertiary/aromatic N) is 3. The van der Waals surface area contributed by atoms with Crippen molar-refractivity contribution in [2.45, 2.75) is 45.1 Å². The fourth-order valence-electron chi connectivity index (χ4n) is 2.97. The summed E-state index contributed by atoms with van der Waals surface area (Å²) >= 11 is 0. The highest BCUT2D eigenvalue weighted by Gasteiger charge is 2.31. The molecule has 0 radical (unpaired) electrons. The number of aromatic nitrogens is 2. The van der Waals surface area contributed by atoms with Gasteiger partial charge in [-0.1, -0.05) is 35.5 Å².